The van der Waals surface area contributed by atoms with Crippen molar-refractivity contribution in [2.45, 2.75) is 23.8 Å². The molecule has 1 saturated heterocycles. The van der Waals surface area contributed by atoms with E-state index in [1.54, 1.807) is 12.1 Å². The first-order valence-electron chi connectivity index (χ1n) is 8.99. The molecule has 2 amide bonds. The molecule has 2 aliphatic heterocycles. The number of hydrogen-bond donors (Lipinski definition) is 2. The number of hydrogen-bond acceptors (Lipinski definition) is 4. The third-order valence-corrected chi connectivity index (χ3v) is 5.64. The minimum Gasteiger partial charge on any atom is -0.376 e. The van der Waals surface area contributed by atoms with E-state index in [0.717, 1.165) is 29.9 Å². The molecule has 5 nitrogen and oxygen atoms in total. The molecule has 1 atom stereocenters. The van der Waals surface area contributed by atoms with Crippen molar-refractivity contribution in [1.29, 1.82) is 0 Å². The zero-order valence-electron chi connectivity index (χ0n) is 14.7. The Morgan fingerprint density at radius 3 is 2.89 bits per heavy atom. The maximum atomic E-state index is 12.4. The van der Waals surface area contributed by atoms with Gasteiger partial charge in [0.1, 0.15) is 0 Å². The van der Waals surface area contributed by atoms with Crippen LogP contribution in [0.4, 0.5) is 5.69 Å². The van der Waals surface area contributed by atoms with Gasteiger partial charge in [-0.25, -0.2) is 0 Å². The number of carbonyl (C=O) groups excluding carboxylic acids is 2. The maximum Gasteiger partial charge on any atom is 0.262 e. The van der Waals surface area contributed by atoms with Gasteiger partial charge >= 0.3 is 0 Å². The van der Waals surface area contributed by atoms with Crippen molar-refractivity contribution >= 4 is 35.3 Å². The number of amides is 2. The van der Waals surface area contributed by atoms with Crippen LogP contribution >= 0.6 is 11.8 Å². The van der Waals surface area contributed by atoms with Gasteiger partial charge < -0.3 is 15.4 Å². The summed E-state index contributed by atoms with van der Waals surface area (Å²) >= 11 is 1.41. The SMILES string of the molecule is O=C1Nc2cc(C(=O)NCC3CCCO3)ccc2S/C1=C\c1ccccc1. The molecule has 0 aliphatic carbocycles. The minimum absolute atomic E-state index is 0.104. The topological polar surface area (TPSA) is 67.4 Å². The molecule has 2 aromatic carbocycles. The Kier molecular flexibility index (Phi) is 5.27. The number of benzene rings is 2. The van der Waals surface area contributed by atoms with Gasteiger partial charge in [0.2, 0.25) is 0 Å². The van der Waals surface area contributed by atoms with E-state index in [-0.39, 0.29) is 17.9 Å². The lowest BCUT2D eigenvalue weighted by Gasteiger charge is -2.19. The van der Waals surface area contributed by atoms with Crippen molar-refractivity contribution in [2.75, 3.05) is 18.5 Å². The summed E-state index contributed by atoms with van der Waals surface area (Å²) in [5.74, 6) is -0.313. The summed E-state index contributed by atoms with van der Waals surface area (Å²) < 4.78 is 5.52. The number of thioether (sulfide) groups is 1. The second kappa shape index (κ2) is 7.98. The average molecular weight is 380 g/mol. The van der Waals surface area contributed by atoms with E-state index in [2.05, 4.69) is 10.6 Å². The van der Waals surface area contributed by atoms with Crippen LogP contribution in [0.1, 0.15) is 28.8 Å². The van der Waals surface area contributed by atoms with Gasteiger partial charge in [0.05, 0.1) is 16.7 Å². The zero-order chi connectivity index (χ0) is 18.6. The molecule has 27 heavy (non-hydrogen) atoms. The summed E-state index contributed by atoms with van der Waals surface area (Å²) in [7, 11) is 0. The van der Waals surface area contributed by atoms with Crippen LogP contribution in [0, 0.1) is 0 Å². The summed E-state index contributed by atoms with van der Waals surface area (Å²) in [6, 6.07) is 15.1. The van der Waals surface area contributed by atoms with Crippen molar-refractivity contribution in [3.63, 3.8) is 0 Å². The van der Waals surface area contributed by atoms with Crippen LogP contribution < -0.4 is 10.6 Å². The van der Waals surface area contributed by atoms with E-state index in [0.29, 0.717) is 22.7 Å². The molecule has 1 unspecified atom stereocenters. The summed E-state index contributed by atoms with van der Waals surface area (Å²) in [5, 5.41) is 5.80. The van der Waals surface area contributed by atoms with Crippen LogP contribution in [0.5, 0.6) is 0 Å². The summed E-state index contributed by atoms with van der Waals surface area (Å²) in [4.78, 5) is 26.4. The molecule has 0 saturated carbocycles. The summed E-state index contributed by atoms with van der Waals surface area (Å²) in [6.45, 7) is 1.28. The Bertz CT molecular complexity index is 890. The van der Waals surface area contributed by atoms with E-state index >= 15 is 0 Å². The first kappa shape index (κ1) is 17.8. The first-order chi connectivity index (χ1) is 13.2. The molecule has 2 N–H and O–H groups in total. The monoisotopic (exact) mass is 380 g/mol. The lowest BCUT2D eigenvalue weighted by atomic mass is 10.1. The number of anilines is 1. The molecule has 6 heteroatoms. The van der Waals surface area contributed by atoms with E-state index in [4.69, 9.17) is 4.74 Å². The fraction of sp³-hybridized carbons (Fsp3) is 0.238. The van der Waals surface area contributed by atoms with Crippen molar-refractivity contribution in [3.05, 3.63) is 64.6 Å². The third kappa shape index (κ3) is 4.23. The second-order valence-electron chi connectivity index (χ2n) is 6.53. The highest BCUT2D eigenvalue weighted by atomic mass is 32.2. The standard InChI is InChI=1S/C21H20N2O3S/c24-20(22-13-16-7-4-10-26-16)15-8-9-18-17(12-15)23-21(25)19(27-18)11-14-5-2-1-3-6-14/h1-3,5-6,8-9,11-12,16H,4,7,10,13H2,(H,22,24)(H,23,25)/b19-11-. The van der Waals surface area contributed by atoms with Crippen LogP contribution in [-0.2, 0) is 9.53 Å². The Hall–Kier alpha value is -2.57. The highest BCUT2D eigenvalue weighted by Crippen LogP contribution is 2.39. The number of carbonyl (C=O) groups is 2. The van der Waals surface area contributed by atoms with Crippen LogP contribution in [0.2, 0.25) is 0 Å². The Morgan fingerprint density at radius 1 is 1.26 bits per heavy atom. The largest absolute Gasteiger partial charge is 0.376 e. The molecule has 0 bridgehead atoms. The second-order valence-corrected chi connectivity index (χ2v) is 7.62. The molecule has 138 valence electrons. The number of nitrogens with one attached hydrogen (secondary N) is 2. The lowest BCUT2D eigenvalue weighted by Crippen LogP contribution is -2.31. The number of rotatable bonds is 4. The highest BCUT2D eigenvalue weighted by Gasteiger charge is 2.23. The highest BCUT2D eigenvalue weighted by molar-refractivity contribution is 8.04. The number of ether oxygens (including phenoxy) is 1. The van der Waals surface area contributed by atoms with E-state index in [9.17, 15) is 9.59 Å². The van der Waals surface area contributed by atoms with Gasteiger partial charge in [-0.15, -0.1) is 0 Å². The van der Waals surface area contributed by atoms with Gasteiger partial charge in [0.25, 0.3) is 11.8 Å². The molecular formula is C21H20N2O3S. The molecule has 0 aromatic heterocycles. The summed E-state index contributed by atoms with van der Waals surface area (Å²) in [5.41, 5.74) is 2.17. The number of fused-ring (bicyclic) bond motifs is 1. The van der Waals surface area contributed by atoms with Gasteiger partial charge in [-0.3, -0.25) is 9.59 Å². The van der Waals surface area contributed by atoms with E-state index in [1.807, 2.05) is 42.5 Å². The average Bonchev–Trinajstić information content (AvgIpc) is 3.21. The Labute approximate surface area is 162 Å². The van der Waals surface area contributed by atoms with Crippen LogP contribution in [0.25, 0.3) is 6.08 Å². The van der Waals surface area contributed by atoms with Gasteiger partial charge in [-0.1, -0.05) is 42.1 Å². The van der Waals surface area contributed by atoms with Crippen LogP contribution in [-0.4, -0.2) is 31.1 Å². The molecule has 4 rings (SSSR count). The zero-order valence-corrected chi connectivity index (χ0v) is 15.6. The third-order valence-electron chi connectivity index (χ3n) is 4.55. The quantitative estimate of drug-likeness (QED) is 0.794. The van der Waals surface area contributed by atoms with Crippen molar-refractivity contribution in [3.8, 4) is 0 Å². The molecular weight excluding hydrogens is 360 g/mol. The molecule has 0 spiro atoms. The Balaban J connectivity index is 1.47. The smallest absolute Gasteiger partial charge is 0.262 e. The fourth-order valence-electron chi connectivity index (χ4n) is 3.12. The van der Waals surface area contributed by atoms with Crippen molar-refractivity contribution < 1.29 is 14.3 Å². The summed E-state index contributed by atoms with van der Waals surface area (Å²) in [6.07, 6.45) is 3.99. The van der Waals surface area contributed by atoms with Gasteiger partial charge in [-0.2, -0.15) is 0 Å². The van der Waals surface area contributed by atoms with Gasteiger partial charge in [0, 0.05) is 23.6 Å². The molecule has 2 aliphatic rings. The Morgan fingerprint density at radius 2 is 2.11 bits per heavy atom. The normalized spacial score (nSPS) is 20.2. The first-order valence-corrected chi connectivity index (χ1v) is 9.80. The maximum absolute atomic E-state index is 12.4. The van der Waals surface area contributed by atoms with Crippen LogP contribution in [0.15, 0.2) is 58.3 Å². The molecule has 2 heterocycles. The molecule has 2 aromatic rings. The molecule has 0 radical (unpaired) electrons. The van der Waals surface area contributed by atoms with E-state index < -0.39 is 0 Å². The van der Waals surface area contributed by atoms with Crippen molar-refractivity contribution in [1.82, 2.24) is 5.32 Å². The van der Waals surface area contributed by atoms with Gasteiger partial charge in [-0.05, 0) is 42.7 Å². The fourth-order valence-corrected chi connectivity index (χ4v) is 4.05. The van der Waals surface area contributed by atoms with Gasteiger partial charge in [0.15, 0.2) is 0 Å². The molecule has 1 fully saturated rings. The van der Waals surface area contributed by atoms with Crippen molar-refractivity contribution in [2.24, 2.45) is 0 Å². The van der Waals surface area contributed by atoms with E-state index in [1.165, 1.54) is 11.8 Å². The lowest BCUT2D eigenvalue weighted by molar-refractivity contribution is -0.112. The minimum atomic E-state index is -0.159. The van der Waals surface area contributed by atoms with Crippen LogP contribution in [0.3, 0.4) is 0 Å². The predicted molar refractivity (Wildman–Crippen MR) is 107 cm³/mol. The predicted octanol–water partition coefficient (Wildman–Crippen LogP) is 3.68.